The van der Waals surface area contributed by atoms with E-state index in [0.717, 1.165) is 10.1 Å². The number of aliphatic hydroxyl groups is 1. The van der Waals surface area contributed by atoms with E-state index in [-0.39, 0.29) is 6.61 Å². The summed E-state index contributed by atoms with van der Waals surface area (Å²) in [5.74, 6) is -0.824. The number of aromatic nitrogens is 2. The van der Waals surface area contributed by atoms with Gasteiger partial charge in [-0.25, -0.2) is 4.79 Å². The van der Waals surface area contributed by atoms with Crippen LogP contribution in [0.5, 0.6) is 0 Å². The van der Waals surface area contributed by atoms with Gasteiger partial charge in [0.05, 0.1) is 26.0 Å². The first-order valence-electron chi connectivity index (χ1n) is 8.34. The van der Waals surface area contributed by atoms with Gasteiger partial charge in [-0.15, -0.1) is 0 Å². The lowest BCUT2D eigenvalue weighted by atomic mass is 10.00. The van der Waals surface area contributed by atoms with Crippen LogP contribution in [0, 0.1) is 12.8 Å². The molecule has 7 nitrogen and oxygen atoms in total. The number of alkyl halides is 1. The Hall–Kier alpha value is -2.29. The number of hydrogen-bond donors (Lipinski definition) is 2. The van der Waals surface area contributed by atoms with Crippen LogP contribution in [0.15, 0.2) is 46.1 Å². The molecule has 0 aliphatic carbocycles. The van der Waals surface area contributed by atoms with Gasteiger partial charge >= 0.3 is 5.69 Å². The lowest BCUT2D eigenvalue weighted by molar-refractivity contribution is -0.0678. The highest BCUT2D eigenvalue weighted by Crippen LogP contribution is 2.33. The van der Waals surface area contributed by atoms with Gasteiger partial charge in [0.15, 0.2) is 6.23 Å². The predicted molar refractivity (Wildman–Crippen MR) is 91.5 cm³/mol. The molecule has 1 fully saturated rings. The van der Waals surface area contributed by atoms with Crippen LogP contribution in [0.2, 0.25) is 0 Å². The summed E-state index contributed by atoms with van der Waals surface area (Å²) in [6.45, 7) is 1.13. The fourth-order valence-electron chi connectivity index (χ4n) is 3.02. The molecule has 1 aromatic carbocycles. The fourth-order valence-corrected chi connectivity index (χ4v) is 3.02. The van der Waals surface area contributed by atoms with Crippen molar-refractivity contribution >= 4 is 0 Å². The van der Waals surface area contributed by atoms with E-state index in [1.807, 2.05) is 30.3 Å². The summed E-state index contributed by atoms with van der Waals surface area (Å²) in [7, 11) is 0. The maximum absolute atomic E-state index is 13.4. The number of aromatic amines is 1. The zero-order chi connectivity index (χ0) is 18.7. The SMILES string of the molecule is Cc1cn([C@@H]2O[C@H](COCc3ccccc3)[C@@H](CF)[C@H]2O)c(=O)[nH]c1=O. The molecule has 1 aliphatic rings. The first-order valence-corrected chi connectivity index (χ1v) is 8.34. The molecular formula is C18H21FN2O5. The molecule has 0 saturated carbocycles. The van der Waals surface area contributed by atoms with Crippen LogP contribution in [0.4, 0.5) is 4.39 Å². The minimum atomic E-state index is -1.23. The van der Waals surface area contributed by atoms with Gasteiger partial charge in [0.2, 0.25) is 0 Å². The number of nitrogens with one attached hydrogen (secondary N) is 1. The van der Waals surface area contributed by atoms with Crippen molar-refractivity contribution in [2.75, 3.05) is 13.3 Å². The Morgan fingerprint density at radius 2 is 2.04 bits per heavy atom. The third kappa shape index (κ3) is 3.77. The van der Waals surface area contributed by atoms with Crippen molar-refractivity contribution < 1.29 is 19.0 Å². The maximum Gasteiger partial charge on any atom is 0.330 e. The molecule has 0 amide bonds. The van der Waals surface area contributed by atoms with E-state index >= 15 is 0 Å². The standard InChI is InChI=1S/C18H21FN2O5/c1-11-8-21(18(24)20-16(11)23)17-15(22)13(7-19)14(26-17)10-25-9-12-5-3-2-4-6-12/h2-6,8,13-15,17,22H,7,9-10H2,1H3,(H,20,23,24)/t13-,14-,15-,17-/m1/s1. The Labute approximate surface area is 149 Å². The Balaban J connectivity index is 1.72. The van der Waals surface area contributed by atoms with Crippen molar-refractivity contribution in [2.45, 2.75) is 32.0 Å². The second-order valence-electron chi connectivity index (χ2n) is 6.35. The van der Waals surface area contributed by atoms with E-state index in [1.54, 1.807) is 0 Å². The van der Waals surface area contributed by atoms with Crippen LogP contribution < -0.4 is 11.2 Å². The van der Waals surface area contributed by atoms with Gasteiger partial charge in [0, 0.05) is 17.7 Å². The average Bonchev–Trinajstić information content (AvgIpc) is 2.94. The van der Waals surface area contributed by atoms with E-state index < -0.39 is 42.3 Å². The van der Waals surface area contributed by atoms with Crippen LogP contribution in [0.25, 0.3) is 0 Å². The monoisotopic (exact) mass is 364 g/mol. The predicted octanol–water partition coefficient (Wildman–Crippen LogP) is 0.906. The first-order chi connectivity index (χ1) is 12.5. The van der Waals surface area contributed by atoms with Crippen LogP contribution in [-0.2, 0) is 16.1 Å². The molecule has 0 spiro atoms. The lowest BCUT2D eigenvalue weighted by Crippen LogP contribution is -2.37. The van der Waals surface area contributed by atoms with Gasteiger partial charge in [-0.3, -0.25) is 18.7 Å². The number of halogens is 1. The quantitative estimate of drug-likeness (QED) is 0.795. The summed E-state index contributed by atoms with van der Waals surface area (Å²) in [6.07, 6.45) is -1.71. The number of nitrogens with zero attached hydrogens (tertiary/aromatic N) is 1. The molecule has 0 radical (unpaired) electrons. The maximum atomic E-state index is 13.4. The van der Waals surface area contributed by atoms with Gasteiger partial charge < -0.3 is 14.6 Å². The molecular weight excluding hydrogens is 343 g/mol. The molecule has 2 aromatic rings. The highest BCUT2D eigenvalue weighted by atomic mass is 19.1. The molecule has 0 unspecified atom stereocenters. The zero-order valence-corrected chi connectivity index (χ0v) is 14.3. The number of aliphatic hydroxyl groups excluding tert-OH is 1. The molecule has 1 aliphatic heterocycles. The second-order valence-corrected chi connectivity index (χ2v) is 6.35. The highest BCUT2D eigenvalue weighted by Gasteiger charge is 2.45. The Morgan fingerprint density at radius 1 is 1.31 bits per heavy atom. The van der Waals surface area contributed by atoms with Gasteiger partial charge in [-0.1, -0.05) is 30.3 Å². The van der Waals surface area contributed by atoms with Gasteiger partial charge in [0.25, 0.3) is 5.56 Å². The molecule has 1 saturated heterocycles. The zero-order valence-electron chi connectivity index (χ0n) is 14.3. The van der Waals surface area contributed by atoms with Crippen LogP contribution in [0.3, 0.4) is 0 Å². The molecule has 2 N–H and O–H groups in total. The van der Waals surface area contributed by atoms with Crippen LogP contribution in [0.1, 0.15) is 17.4 Å². The Kier molecular flexibility index (Phi) is 5.65. The highest BCUT2D eigenvalue weighted by molar-refractivity contribution is 5.13. The molecule has 2 heterocycles. The van der Waals surface area contributed by atoms with Crippen LogP contribution in [-0.4, -0.2) is 40.1 Å². The Morgan fingerprint density at radius 3 is 2.73 bits per heavy atom. The number of aryl methyl sites for hydroxylation is 1. The van der Waals surface area contributed by atoms with E-state index in [0.29, 0.717) is 12.2 Å². The summed E-state index contributed by atoms with van der Waals surface area (Å²) in [6, 6.07) is 9.48. The molecule has 26 heavy (non-hydrogen) atoms. The normalized spacial score (nSPS) is 25.5. The molecule has 4 atom stereocenters. The summed E-state index contributed by atoms with van der Waals surface area (Å²) in [5.41, 5.74) is 0.0319. The fraction of sp³-hybridized carbons (Fsp3) is 0.444. The first kappa shape index (κ1) is 18.5. The molecule has 140 valence electrons. The summed E-state index contributed by atoms with van der Waals surface area (Å²) in [4.78, 5) is 25.7. The minimum Gasteiger partial charge on any atom is -0.388 e. The minimum absolute atomic E-state index is 0.0775. The van der Waals surface area contributed by atoms with Crippen molar-refractivity contribution in [1.82, 2.24) is 9.55 Å². The third-order valence-corrected chi connectivity index (χ3v) is 4.51. The van der Waals surface area contributed by atoms with Gasteiger partial charge in [-0.2, -0.15) is 0 Å². The molecule has 0 bridgehead atoms. The summed E-state index contributed by atoms with van der Waals surface area (Å²) < 4.78 is 25.8. The van der Waals surface area contributed by atoms with Gasteiger partial charge in [-0.05, 0) is 12.5 Å². The van der Waals surface area contributed by atoms with E-state index in [4.69, 9.17) is 9.47 Å². The summed E-state index contributed by atoms with van der Waals surface area (Å²) in [5, 5.41) is 10.4. The third-order valence-electron chi connectivity index (χ3n) is 4.51. The summed E-state index contributed by atoms with van der Waals surface area (Å²) >= 11 is 0. The van der Waals surface area contributed by atoms with Crippen molar-refractivity contribution in [3.63, 3.8) is 0 Å². The van der Waals surface area contributed by atoms with E-state index in [1.165, 1.54) is 13.1 Å². The number of H-pyrrole nitrogens is 1. The van der Waals surface area contributed by atoms with Gasteiger partial charge in [0.1, 0.15) is 6.10 Å². The Bertz CT molecular complexity index is 851. The largest absolute Gasteiger partial charge is 0.388 e. The molecule has 3 rings (SSSR count). The topological polar surface area (TPSA) is 93.6 Å². The second kappa shape index (κ2) is 7.94. The van der Waals surface area contributed by atoms with Crippen molar-refractivity contribution in [1.29, 1.82) is 0 Å². The van der Waals surface area contributed by atoms with E-state index in [9.17, 15) is 19.1 Å². The van der Waals surface area contributed by atoms with Crippen molar-refractivity contribution in [2.24, 2.45) is 5.92 Å². The van der Waals surface area contributed by atoms with Crippen molar-refractivity contribution in [3.8, 4) is 0 Å². The average molecular weight is 364 g/mol. The molecule has 8 heteroatoms. The smallest absolute Gasteiger partial charge is 0.330 e. The van der Waals surface area contributed by atoms with Crippen molar-refractivity contribution in [3.05, 3.63) is 68.5 Å². The van der Waals surface area contributed by atoms with Crippen LogP contribution >= 0.6 is 0 Å². The van der Waals surface area contributed by atoms with E-state index in [2.05, 4.69) is 4.98 Å². The molecule has 1 aromatic heterocycles. The number of benzene rings is 1. The number of rotatable bonds is 6. The number of hydrogen-bond acceptors (Lipinski definition) is 5. The lowest BCUT2D eigenvalue weighted by Gasteiger charge is -2.18. The number of ether oxygens (including phenoxy) is 2.